The zero-order valence-electron chi connectivity index (χ0n) is 10.1. The third-order valence-corrected chi connectivity index (χ3v) is 2.74. The van der Waals surface area contributed by atoms with Crippen LogP contribution in [0.2, 0.25) is 0 Å². The molecule has 0 aliphatic heterocycles. The van der Waals surface area contributed by atoms with Crippen LogP contribution in [0.5, 0.6) is 0 Å². The zero-order valence-corrected chi connectivity index (χ0v) is 10.1. The zero-order chi connectivity index (χ0) is 13.0. The molecule has 0 saturated heterocycles. The van der Waals surface area contributed by atoms with Gasteiger partial charge in [0.05, 0.1) is 18.2 Å². The topological polar surface area (TPSA) is 78.0 Å². The first-order chi connectivity index (χ1) is 8.70. The Morgan fingerprint density at radius 2 is 2.17 bits per heavy atom. The Balaban J connectivity index is 2.10. The van der Waals surface area contributed by atoms with Gasteiger partial charge < -0.3 is 15.4 Å². The van der Waals surface area contributed by atoms with Crippen molar-refractivity contribution in [2.75, 3.05) is 5.32 Å². The van der Waals surface area contributed by atoms with E-state index in [9.17, 15) is 4.79 Å². The Bertz CT molecular complexity index is 506. The molecule has 1 aromatic carbocycles. The SMILES string of the molecule is CCC(Nc1ccc(-c2cnc[nH]2)cc1)C(=O)O. The fraction of sp³-hybridized carbons (Fsp3) is 0.231. The van der Waals surface area contributed by atoms with E-state index in [4.69, 9.17) is 5.11 Å². The number of aromatic amines is 1. The molecule has 2 aromatic rings. The van der Waals surface area contributed by atoms with E-state index < -0.39 is 12.0 Å². The van der Waals surface area contributed by atoms with Crippen LogP contribution in [0.3, 0.4) is 0 Å². The lowest BCUT2D eigenvalue weighted by Gasteiger charge is -2.13. The molecule has 2 rings (SSSR count). The number of imidazole rings is 1. The first-order valence-electron chi connectivity index (χ1n) is 5.79. The maximum absolute atomic E-state index is 10.9. The number of hydrogen-bond donors (Lipinski definition) is 3. The van der Waals surface area contributed by atoms with Crippen LogP contribution in [-0.2, 0) is 4.79 Å². The number of benzene rings is 1. The average Bonchev–Trinajstić information content (AvgIpc) is 2.90. The van der Waals surface area contributed by atoms with Crippen LogP contribution in [0.1, 0.15) is 13.3 Å². The van der Waals surface area contributed by atoms with Crippen LogP contribution >= 0.6 is 0 Å². The van der Waals surface area contributed by atoms with Crippen LogP contribution in [0.15, 0.2) is 36.8 Å². The third-order valence-electron chi connectivity index (χ3n) is 2.74. The number of hydrogen-bond acceptors (Lipinski definition) is 3. The molecule has 3 N–H and O–H groups in total. The number of carbonyl (C=O) groups is 1. The summed E-state index contributed by atoms with van der Waals surface area (Å²) in [7, 11) is 0. The highest BCUT2D eigenvalue weighted by Gasteiger charge is 2.13. The smallest absolute Gasteiger partial charge is 0.326 e. The molecule has 5 nitrogen and oxygen atoms in total. The number of carboxylic acids is 1. The van der Waals surface area contributed by atoms with Crippen molar-refractivity contribution < 1.29 is 9.90 Å². The Hall–Kier alpha value is -2.30. The van der Waals surface area contributed by atoms with Crippen molar-refractivity contribution in [3.05, 3.63) is 36.8 Å². The Labute approximate surface area is 105 Å². The van der Waals surface area contributed by atoms with E-state index in [1.165, 1.54) is 0 Å². The predicted octanol–water partition coefficient (Wildman–Crippen LogP) is 2.35. The van der Waals surface area contributed by atoms with Crippen molar-refractivity contribution in [3.63, 3.8) is 0 Å². The summed E-state index contributed by atoms with van der Waals surface area (Å²) >= 11 is 0. The largest absolute Gasteiger partial charge is 0.480 e. The molecule has 1 aromatic heterocycles. The number of nitrogens with zero attached hydrogens (tertiary/aromatic N) is 1. The lowest BCUT2D eigenvalue weighted by molar-refractivity contribution is -0.137. The van der Waals surface area contributed by atoms with Gasteiger partial charge in [-0.15, -0.1) is 0 Å². The predicted molar refractivity (Wildman–Crippen MR) is 69.4 cm³/mol. The molecule has 0 saturated carbocycles. The van der Waals surface area contributed by atoms with Crippen LogP contribution in [0.25, 0.3) is 11.3 Å². The second kappa shape index (κ2) is 5.35. The molecule has 18 heavy (non-hydrogen) atoms. The first kappa shape index (κ1) is 12.2. The quantitative estimate of drug-likeness (QED) is 0.755. The van der Waals surface area contributed by atoms with Gasteiger partial charge in [0.1, 0.15) is 6.04 Å². The van der Waals surface area contributed by atoms with Crippen molar-refractivity contribution in [2.24, 2.45) is 0 Å². The molecular formula is C13H15N3O2. The fourth-order valence-electron chi connectivity index (χ4n) is 1.70. The van der Waals surface area contributed by atoms with Gasteiger partial charge in [0.15, 0.2) is 0 Å². The molecule has 0 aliphatic carbocycles. The highest BCUT2D eigenvalue weighted by atomic mass is 16.4. The molecular weight excluding hydrogens is 230 g/mol. The molecule has 0 radical (unpaired) electrons. The van der Waals surface area contributed by atoms with Gasteiger partial charge in [-0.3, -0.25) is 0 Å². The van der Waals surface area contributed by atoms with Crippen molar-refractivity contribution in [2.45, 2.75) is 19.4 Å². The van der Waals surface area contributed by atoms with Crippen LogP contribution < -0.4 is 5.32 Å². The van der Waals surface area contributed by atoms with Crippen molar-refractivity contribution >= 4 is 11.7 Å². The molecule has 1 atom stereocenters. The van der Waals surface area contributed by atoms with Gasteiger partial charge in [-0.25, -0.2) is 9.78 Å². The molecule has 1 unspecified atom stereocenters. The average molecular weight is 245 g/mol. The minimum absolute atomic E-state index is 0.539. The number of aromatic nitrogens is 2. The van der Waals surface area contributed by atoms with Gasteiger partial charge in [0.2, 0.25) is 0 Å². The number of H-pyrrole nitrogens is 1. The van der Waals surface area contributed by atoms with Gasteiger partial charge in [-0.1, -0.05) is 19.1 Å². The summed E-state index contributed by atoms with van der Waals surface area (Å²) in [6.07, 6.45) is 3.91. The standard InChI is InChI=1S/C13H15N3O2/c1-2-11(13(17)18)16-10-5-3-9(4-6-10)12-7-14-8-15-12/h3-8,11,16H,2H2,1H3,(H,14,15)(H,17,18). The minimum Gasteiger partial charge on any atom is -0.480 e. The van der Waals surface area contributed by atoms with E-state index >= 15 is 0 Å². The number of nitrogens with one attached hydrogen (secondary N) is 2. The summed E-state index contributed by atoms with van der Waals surface area (Å²) < 4.78 is 0. The van der Waals surface area contributed by atoms with Gasteiger partial charge in [-0.2, -0.15) is 0 Å². The van der Waals surface area contributed by atoms with Gasteiger partial charge in [0, 0.05) is 5.69 Å². The summed E-state index contributed by atoms with van der Waals surface area (Å²) in [5.74, 6) is -0.838. The van der Waals surface area contributed by atoms with Crippen LogP contribution in [0.4, 0.5) is 5.69 Å². The van der Waals surface area contributed by atoms with Crippen LogP contribution in [0, 0.1) is 0 Å². The molecule has 0 spiro atoms. The highest BCUT2D eigenvalue weighted by molar-refractivity contribution is 5.77. The number of aliphatic carboxylic acids is 1. The number of rotatable bonds is 5. The molecule has 5 heteroatoms. The second-order valence-electron chi connectivity index (χ2n) is 3.99. The normalized spacial score (nSPS) is 12.1. The van der Waals surface area contributed by atoms with E-state index in [1.54, 1.807) is 12.5 Å². The summed E-state index contributed by atoms with van der Waals surface area (Å²) in [6.45, 7) is 1.84. The maximum atomic E-state index is 10.9. The Morgan fingerprint density at radius 1 is 1.44 bits per heavy atom. The van der Waals surface area contributed by atoms with E-state index in [2.05, 4.69) is 15.3 Å². The van der Waals surface area contributed by atoms with Crippen LogP contribution in [-0.4, -0.2) is 27.1 Å². The molecule has 0 fully saturated rings. The van der Waals surface area contributed by atoms with E-state index in [1.807, 2.05) is 31.2 Å². The van der Waals surface area contributed by atoms with Crippen molar-refractivity contribution in [3.8, 4) is 11.3 Å². The number of carboxylic acid groups (broad SMARTS) is 1. The third kappa shape index (κ3) is 2.68. The first-order valence-corrected chi connectivity index (χ1v) is 5.79. The minimum atomic E-state index is -0.838. The summed E-state index contributed by atoms with van der Waals surface area (Å²) in [5.41, 5.74) is 2.75. The van der Waals surface area contributed by atoms with Gasteiger partial charge in [-0.05, 0) is 24.1 Å². The van der Waals surface area contributed by atoms with Gasteiger partial charge in [0.25, 0.3) is 0 Å². The molecule has 0 bridgehead atoms. The monoisotopic (exact) mass is 245 g/mol. The summed E-state index contributed by atoms with van der Waals surface area (Å²) in [5, 5.41) is 11.9. The van der Waals surface area contributed by atoms with E-state index in [0.717, 1.165) is 16.9 Å². The molecule has 0 amide bonds. The second-order valence-corrected chi connectivity index (χ2v) is 3.99. The molecule has 1 heterocycles. The van der Waals surface area contributed by atoms with Crippen molar-refractivity contribution in [1.29, 1.82) is 0 Å². The van der Waals surface area contributed by atoms with E-state index in [-0.39, 0.29) is 0 Å². The Morgan fingerprint density at radius 3 is 2.67 bits per heavy atom. The van der Waals surface area contributed by atoms with Gasteiger partial charge >= 0.3 is 5.97 Å². The van der Waals surface area contributed by atoms with E-state index in [0.29, 0.717) is 6.42 Å². The number of anilines is 1. The summed E-state index contributed by atoms with van der Waals surface area (Å²) in [6, 6.07) is 7.02. The fourth-order valence-corrected chi connectivity index (χ4v) is 1.70. The molecule has 0 aliphatic rings. The maximum Gasteiger partial charge on any atom is 0.326 e. The Kier molecular flexibility index (Phi) is 3.62. The summed E-state index contributed by atoms with van der Waals surface area (Å²) in [4.78, 5) is 17.9. The lowest BCUT2D eigenvalue weighted by Crippen LogP contribution is -2.28. The lowest BCUT2D eigenvalue weighted by atomic mass is 10.1. The molecule has 94 valence electrons. The van der Waals surface area contributed by atoms with Crippen molar-refractivity contribution in [1.82, 2.24) is 9.97 Å². The highest BCUT2D eigenvalue weighted by Crippen LogP contribution is 2.19.